The Hall–Kier alpha value is -4.61. The number of aromatic hydroxyl groups is 2. The molecule has 0 spiro atoms. The molecule has 0 bridgehead atoms. The van der Waals surface area contributed by atoms with E-state index in [2.05, 4.69) is 20.3 Å². The Morgan fingerprint density at radius 3 is 2.48 bits per heavy atom. The third-order valence-electron chi connectivity index (χ3n) is 4.50. The van der Waals surface area contributed by atoms with E-state index in [0.717, 1.165) is 12.1 Å². The van der Waals surface area contributed by atoms with Crippen LogP contribution < -0.4 is 15.8 Å². The highest BCUT2D eigenvalue weighted by atomic mass is 19.4. The van der Waals surface area contributed by atoms with Crippen molar-refractivity contribution in [1.82, 2.24) is 15.0 Å². The van der Waals surface area contributed by atoms with Crippen molar-refractivity contribution in [2.45, 2.75) is 6.18 Å². The van der Waals surface area contributed by atoms with Gasteiger partial charge in [0.05, 0.1) is 11.3 Å². The molecular weight excluding hydrogens is 443 g/mol. The average Bonchev–Trinajstić information content (AvgIpc) is 2.75. The van der Waals surface area contributed by atoms with Gasteiger partial charge < -0.3 is 26.0 Å². The van der Waals surface area contributed by atoms with Gasteiger partial charge in [0.15, 0.2) is 5.75 Å². The number of para-hydroxylation sites is 1. The number of nitrogens with one attached hydrogen (secondary N) is 1. The molecule has 2 aromatic carbocycles. The first kappa shape index (κ1) is 21.6. The monoisotopic (exact) mass is 457 g/mol. The van der Waals surface area contributed by atoms with Gasteiger partial charge in [-0.05, 0) is 30.3 Å². The van der Waals surface area contributed by atoms with Gasteiger partial charge in [0, 0.05) is 29.3 Å². The number of rotatable bonds is 4. The summed E-state index contributed by atoms with van der Waals surface area (Å²) >= 11 is 0. The number of nitrogen functional groups attached to an aromatic ring is 1. The minimum Gasteiger partial charge on any atom is -0.506 e. The number of halogens is 3. The van der Waals surface area contributed by atoms with E-state index in [-0.39, 0.29) is 39.9 Å². The summed E-state index contributed by atoms with van der Waals surface area (Å²) in [6.07, 6.45) is -3.42. The van der Waals surface area contributed by atoms with Crippen molar-refractivity contribution in [2.75, 3.05) is 11.1 Å². The molecule has 0 aliphatic carbocycles. The molecule has 2 aromatic heterocycles. The predicted molar refractivity (Wildman–Crippen MR) is 111 cm³/mol. The van der Waals surface area contributed by atoms with Crippen molar-refractivity contribution in [3.63, 3.8) is 0 Å². The van der Waals surface area contributed by atoms with Crippen LogP contribution in [0.5, 0.6) is 23.3 Å². The maximum atomic E-state index is 13.0. The van der Waals surface area contributed by atoms with E-state index >= 15 is 0 Å². The Kier molecular flexibility index (Phi) is 5.34. The molecule has 9 nitrogen and oxygen atoms in total. The smallest absolute Gasteiger partial charge is 0.420 e. The summed E-state index contributed by atoms with van der Waals surface area (Å²) < 4.78 is 44.6. The Labute approximate surface area is 183 Å². The van der Waals surface area contributed by atoms with Crippen LogP contribution in [0.2, 0.25) is 0 Å². The number of carbonyl (C=O) groups is 1. The lowest BCUT2D eigenvalue weighted by Crippen LogP contribution is -2.14. The van der Waals surface area contributed by atoms with E-state index in [1.54, 1.807) is 0 Å². The van der Waals surface area contributed by atoms with Crippen LogP contribution >= 0.6 is 0 Å². The standard InChI is InChI=1S/C21H14F3N5O4/c22-21(23,24)12-2-1-3-13(18(12)31)27-19(32)11-4-6-14(30)17-10(11)5-7-15(28-17)33-16-8-9-26-20(25)29-16/h1-9,30-31H,(H,27,32)(H2,25,26,29). The minimum atomic E-state index is -4.80. The summed E-state index contributed by atoms with van der Waals surface area (Å²) in [4.78, 5) is 24.6. The molecule has 0 unspecified atom stereocenters. The fourth-order valence-electron chi connectivity index (χ4n) is 3.02. The van der Waals surface area contributed by atoms with E-state index in [9.17, 15) is 28.2 Å². The molecule has 0 aliphatic heterocycles. The first-order valence-electron chi connectivity index (χ1n) is 9.23. The second-order valence-corrected chi connectivity index (χ2v) is 6.69. The third-order valence-corrected chi connectivity index (χ3v) is 4.50. The highest BCUT2D eigenvalue weighted by Crippen LogP contribution is 2.40. The first-order chi connectivity index (χ1) is 15.6. The number of ether oxygens (including phenoxy) is 1. The van der Waals surface area contributed by atoms with E-state index in [0.29, 0.717) is 6.07 Å². The quantitative estimate of drug-likeness (QED) is 0.336. The number of hydrogen-bond donors (Lipinski definition) is 4. The zero-order valence-corrected chi connectivity index (χ0v) is 16.5. The summed E-state index contributed by atoms with van der Waals surface area (Å²) in [7, 11) is 0. The summed E-state index contributed by atoms with van der Waals surface area (Å²) in [5.74, 6) is -2.09. The van der Waals surface area contributed by atoms with Gasteiger partial charge in [-0.25, -0.2) is 9.97 Å². The molecule has 4 rings (SSSR count). The number of phenolic OH excluding ortho intramolecular Hbond substituents is 2. The molecular formula is C21H14F3N5O4. The van der Waals surface area contributed by atoms with Crippen LogP contribution in [0.25, 0.3) is 10.9 Å². The predicted octanol–water partition coefficient (Wildman–Crippen LogP) is 4.08. The summed E-state index contributed by atoms with van der Waals surface area (Å²) in [6, 6.07) is 9.61. The van der Waals surface area contributed by atoms with Crippen molar-refractivity contribution in [1.29, 1.82) is 0 Å². The number of phenols is 2. The average molecular weight is 457 g/mol. The maximum absolute atomic E-state index is 13.0. The van der Waals surface area contributed by atoms with Gasteiger partial charge in [-0.1, -0.05) is 6.07 Å². The van der Waals surface area contributed by atoms with Gasteiger partial charge in [-0.3, -0.25) is 4.79 Å². The number of nitrogens with two attached hydrogens (primary N) is 1. The van der Waals surface area contributed by atoms with E-state index in [1.165, 1.54) is 36.5 Å². The van der Waals surface area contributed by atoms with Gasteiger partial charge in [-0.2, -0.15) is 18.2 Å². The normalized spacial score (nSPS) is 11.4. The van der Waals surface area contributed by atoms with Gasteiger partial charge in [0.1, 0.15) is 11.3 Å². The molecule has 0 atom stereocenters. The number of carbonyl (C=O) groups excluding carboxylic acids is 1. The second kappa shape index (κ2) is 8.15. The molecule has 2 heterocycles. The molecule has 0 saturated carbocycles. The van der Waals surface area contributed by atoms with Crippen LogP contribution in [0.3, 0.4) is 0 Å². The molecule has 12 heteroatoms. The fourth-order valence-corrected chi connectivity index (χ4v) is 3.02. The number of nitrogens with zero attached hydrogens (tertiary/aromatic N) is 3. The Morgan fingerprint density at radius 2 is 1.76 bits per heavy atom. The van der Waals surface area contributed by atoms with E-state index in [4.69, 9.17) is 10.5 Å². The van der Waals surface area contributed by atoms with Crippen LogP contribution in [-0.2, 0) is 6.18 Å². The van der Waals surface area contributed by atoms with Crippen molar-refractivity contribution >= 4 is 28.4 Å². The van der Waals surface area contributed by atoms with Crippen LogP contribution in [0.1, 0.15) is 15.9 Å². The lowest BCUT2D eigenvalue weighted by molar-refractivity contribution is -0.138. The number of benzene rings is 2. The van der Waals surface area contributed by atoms with Gasteiger partial charge in [0.25, 0.3) is 5.91 Å². The van der Waals surface area contributed by atoms with Crippen LogP contribution in [0.4, 0.5) is 24.8 Å². The minimum absolute atomic E-state index is 0.00422. The Morgan fingerprint density at radius 1 is 1.00 bits per heavy atom. The van der Waals surface area contributed by atoms with Crippen molar-refractivity contribution in [3.05, 3.63) is 65.9 Å². The zero-order chi connectivity index (χ0) is 23.8. The molecule has 33 heavy (non-hydrogen) atoms. The molecule has 0 saturated heterocycles. The van der Waals surface area contributed by atoms with Gasteiger partial charge in [0.2, 0.25) is 17.7 Å². The fraction of sp³-hybridized carbons (Fsp3) is 0.0476. The highest BCUT2D eigenvalue weighted by molar-refractivity contribution is 6.13. The number of fused-ring (bicyclic) bond motifs is 1. The highest BCUT2D eigenvalue weighted by Gasteiger charge is 2.35. The van der Waals surface area contributed by atoms with E-state index < -0.39 is 29.1 Å². The molecule has 0 radical (unpaired) electrons. The van der Waals surface area contributed by atoms with Gasteiger partial charge in [-0.15, -0.1) is 0 Å². The zero-order valence-electron chi connectivity index (χ0n) is 16.5. The number of aromatic nitrogens is 3. The Bertz CT molecular complexity index is 1380. The number of hydrogen-bond acceptors (Lipinski definition) is 8. The molecule has 0 fully saturated rings. The van der Waals surface area contributed by atoms with Crippen molar-refractivity contribution < 1.29 is 32.9 Å². The van der Waals surface area contributed by atoms with Crippen molar-refractivity contribution in [3.8, 4) is 23.3 Å². The van der Waals surface area contributed by atoms with Crippen LogP contribution in [-0.4, -0.2) is 31.1 Å². The van der Waals surface area contributed by atoms with Crippen LogP contribution in [0.15, 0.2) is 54.7 Å². The topological polar surface area (TPSA) is 143 Å². The lowest BCUT2D eigenvalue weighted by Gasteiger charge is -2.14. The summed E-state index contributed by atoms with van der Waals surface area (Å²) in [5.41, 5.74) is 3.77. The largest absolute Gasteiger partial charge is 0.506 e. The van der Waals surface area contributed by atoms with Crippen LogP contribution in [0, 0.1) is 0 Å². The summed E-state index contributed by atoms with van der Waals surface area (Å²) in [5, 5.41) is 22.6. The lowest BCUT2D eigenvalue weighted by atomic mass is 10.1. The second-order valence-electron chi connectivity index (χ2n) is 6.69. The number of alkyl halides is 3. The molecule has 5 N–H and O–H groups in total. The summed E-state index contributed by atoms with van der Waals surface area (Å²) in [6.45, 7) is 0. The third kappa shape index (κ3) is 4.39. The number of pyridine rings is 1. The Balaban J connectivity index is 1.67. The molecule has 0 aliphatic rings. The number of amides is 1. The SMILES string of the molecule is Nc1nccc(Oc2ccc3c(C(=O)Nc4cccc(C(F)(F)F)c4O)ccc(O)c3n2)n1. The maximum Gasteiger partial charge on any atom is 0.420 e. The van der Waals surface area contributed by atoms with Crippen molar-refractivity contribution in [2.24, 2.45) is 0 Å². The first-order valence-corrected chi connectivity index (χ1v) is 9.23. The molecule has 1 amide bonds. The molecule has 4 aromatic rings. The number of anilines is 2. The van der Waals surface area contributed by atoms with E-state index in [1.807, 2.05) is 0 Å². The van der Waals surface area contributed by atoms with Gasteiger partial charge >= 0.3 is 6.18 Å². The molecule has 168 valence electrons.